The van der Waals surface area contributed by atoms with E-state index in [1.165, 1.54) is 0 Å². The molecule has 11 heavy (non-hydrogen) atoms. The van der Waals surface area contributed by atoms with Gasteiger partial charge in [0.05, 0.1) is 0 Å². The van der Waals surface area contributed by atoms with Gasteiger partial charge in [-0.3, -0.25) is 4.79 Å². The number of carbonyl (C=O) groups excluding carboxylic acids is 1. The summed E-state index contributed by atoms with van der Waals surface area (Å²) in [5.74, 6) is 0.718. The fourth-order valence-electron chi connectivity index (χ4n) is 0.687. The first-order chi connectivity index (χ1) is 5.20. The second-order valence-electron chi connectivity index (χ2n) is 3.27. The Balaban J connectivity index is 2.15. The molecule has 1 saturated carbocycles. The van der Waals surface area contributed by atoms with Gasteiger partial charge in [-0.05, 0) is 18.8 Å². The van der Waals surface area contributed by atoms with E-state index in [2.05, 4.69) is 10.5 Å². The van der Waals surface area contributed by atoms with Crippen molar-refractivity contribution in [2.75, 3.05) is 0 Å². The molecule has 1 fully saturated rings. The summed E-state index contributed by atoms with van der Waals surface area (Å²) in [5.41, 5.74) is 2.51. The molecule has 0 aromatic rings. The second kappa shape index (κ2) is 3.51. The Hall–Kier alpha value is -0.860. The minimum atomic E-state index is 0.0712. The van der Waals surface area contributed by atoms with E-state index in [4.69, 9.17) is 0 Å². The van der Waals surface area contributed by atoms with E-state index in [1.807, 2.05) is 13.8 Å². The number of hydrogen-bond donors (Lipinski definition) is 1. The normalized spacial score (nSPS) is 17.7. The largest absolute Gasteiger partial charge is 0.273 e. The summed E-state index contributed by atoms with van der Waals surface area (Å²) in [6, 6.07) is 0. The van der Waals surface area contributed by atoms with Crippen molar-refractivity contribution in [1.29, 1.82) is 0 Å². The van der Waals surface area contributed by atoms with Crippen molar-refractivity contribution < 1.29 is 4.79 Å². The number of nitrogens with zero attached hydrogens (tertiary/aromatic N) is 1. The van der Waals surface area contributed by atoms with E-state index in [-0.39, 0.29) is 11.8 Å². The van der Waals surface area contributed by atoms with Gasteiger partial charge in [-0.2, -0.15) is 5.10 Å². The molecule has 1 N–H and O–H groups in total. The molecular weight excluding hydrogens is 140 g/mol. The highest BCUT2D eigenvalue weighted by molar-refractivity contribution is 5.81. The molecule has 1 aliphatic carbocycles. The van der Waals surface area contributed by atoms with Gasteiger partial charge in [0.25, 0.3) is 0 Å². The van der Waals surface area contributed by atoms with Gasteiger partial charge in [0.2, 0.25) is 5.91 Å². The Kier molecular flexibility index (Phi) is 2.63. The average molecular weight is 154 g/mol. The zero-order valence-corrected chi connectivity index (χ0v) is 7.00. The number of nitrogens with one attached hydrogen (secondary N) is 1. The lowest BCUT2D eigenvalue weighted by Gasteiger charge is -1.96. The third-order valence-electron chi connectivity index (χ3n) is 1.50. The van der Waals surface area contributed by atoms with Gasteiger partial charge >= 0.3 is 0 Å². The summed E-state index contributed by atoms with van der Waals surface area (Å²) in [7, 11) is 0. The van der Waals surface area contributed by atoms with Crippen LogP contribution in [0.5, 0.6) is 0 Å². The van der Waals surface area contributed by atoms with Crippen molar-refractivity contribution >= 4 is 12.1 Å². The van der Waals surface area contributed by atoms with Crippen LogP contribution in [0.4, 0.5) is 0 Å². The minimum absolute atomic E-state index is 0.0712. The Morgan fingerprint density at radius 2 is 2.27 bits per heavy atom. The molecule has 0 aromatic carbocycles. The highest BCUT2D eigenvalue weighted by Crippen LogP contribution is 2.28. The SMILES string of the molecule is CC(C)/C=N\NC(=O)C1CC1. The fourth-order valence-corrected chi connectivity index (χ4v) is 0.687. The summed E-state index contributed by atoms with van der Waals surface area (Å²) in [6.45, 7) is 4.04. The lowest BCUT2D eigenvalue weighted by atomic mass is 10.3. The number of hydrogen-bond acceptors (Lipinski definition) is 2. The van der Waals surface area contributed by atoms with Crippen molar-refractivity contribution in [2.24, 2.45) is 16.9 Å². The van der Waals surface area contributed by atoms with Crippen LogP contribution in [0.1, 0.15) is 26.7 Å². The van der Waals surface area contributed by atoms with E-state index >= 15 is 0 Å². The van der Waals surface area contributed by atoms with Crippen LogP contribution in [-0.4, -0.2) is 12.1 Å². The van der Waals surface area contributed by atoms with E-state index in [1.54, 1.807) is 6.21 Å². The van der Waals surface area contributed by atoms with Crippen LogP contribution >= 0.6 is 0 Å². The molecule has 3 heteroatoms. The molecule has 0 aliphatic heterocycles. The van der Waals surface area contributed by atoms with Gasteiger partial charge in [-0.1, -0.05) is 13.8 Å². The Labute approximate surface area is 66.9 Å². The molecule has 0 atom stereocenters. The quantitative estimate of drug-likeness (QED) is 0.481. The van der Waals surface area contributed by atoms with Crippen LogP contribution in [0.3, 0.4) is 0 Å². The zero-order valence-electron chi connectivity index (χ0n) is 7.00. The summed E-state index contributed by atoms with van der Waals surface area (Å²) in [6.07, 6.45) is 3.80. The molecular formula is C8H14N2O. The maximum atomic E-state index is 11.0. The molecule has 62 valence electrons. The van der Waals surface area contributed by atoms with Crippen molar-refractivity contribution in [3.8, 4) is 0 Å². The van der Waals surface area contributed by atoms with E-state index in [9.17, 15) is 4.79 Å². The maximum Gasteiger partial charge on any atom is 0.243 e. The molecule has 0 spiro atoms. The van der Waals surface area contributed by atoms with Crippen LogP contribution in [0, 0.1) is 11.8 Å². The number of carbonyl (C=O) groups is 1. The molecule has 0 saturated heterocycles. The Morgan fingerprint density at radius 3 is 2.73 bits per heavy atom. The van der Waals surface area contributed by atoms with Gasteiger partial charge in [-0.15, -0.1) is 0 Å². The van der Waals surface area contributed by atoms with Gasteiger partial charge in [0.15, 0.2) is 0 Å². The molecule has 1 rings (SSSR count). The van der Waals surface area contributed by atoms with E-state index in [0.717, 1.165) is 12.8 Å². The van der Waals surface area contributed by atoms with Crippen LogP contribution in [0.2, 0.25) is 0 Å². The molecule has 3 nitrogen and oxygen atoms in total. The monoisotopic (exact) mass is 154 g/mol. The number of rotatable bonds is 3. The minimum Gasteiger partial charge on any atom is -0.273 e. The first kappa shape index (κ1) is 8.24. The second-order valence-corrected chi connectivity index (χ2v) is 3.27. The van der Waals surface area contributed by atoms with Crippen LogP contribution < -0.4 is 5.43 Å². The van der Waals surface area contributed by atoms with Crippen LogP contribution in [0.15, 0.2) is 5.10 Å². The van der Waals surface area contributed by atoms with Gasteiger partial charge in [0, 0.05) is 12.1 Å². The van der Waals surface area contributed by atoms with Crippen molar-refractivity contribution in [1.82, 2.24) is 5.43 Å². The predicted octanol–water partition coefficient (Wildman–Crippen LogP) is 1.15. The zero-order chi connectivity index (χ0) is 8.27. The summed E-state index contributed by atoms with van der Waals surface area (Å²) in [5, 5.41) is 3.81. The molecule has 0 aromatic heterocycles. The Bertz CT molecular complexity index is 171. The molecule has 0 radical (unpaired) electrons. The molecule has 1 amide bonds. The Morgan fingerprint density at radius 1 is 1.64 bits per heavy atom. The fraction of sp³-hybridized carbons (Fsp3) is 0.750. The topological polar surface area (TPSA) is 41.5 Å². The van der Waals surface area contributed by atoms with Gasteiger partial charge in [-0.25, -0.2) is 5.43 Å². The smallest absolute Gasteiger partial charge is 0.243 e. The number of amides is 1. The summed E-state index contributed by atoms with van der Waals surface area (Å²) < 4.78 is 0. The third kappa shape index (κ3) is 3.16. The molecule has 0 bridgehead atoms. The maximum absolute atomic E-state index is 11.0. The molecule has 0 heterocycles. The summed E-state index contributed by atoms with van der Waals surface area (Å²) >= 11 is 0. The third-order valence-corrected chi connectivity index (χ3v) is 1.50. The van der Waals surface area contributed by atoms with Crippen LogP contribution in [0.25, 0.3) is 0 Å². The average Bonchev–Trinajstić information content (AvgIpc) is 2.66. The number of hydrazone groups is 1. The van der Waals surface area contributed by atoms with Crippen molar-refractivity contribution in [3.63, 3.8) is 0 Å². The van der Waals surface area contributed by atoms with Gasteiger partial charge in [0.1, 0.15) is 0 Å². The highest BCUT2D eigenvalue weighted by Gasteiger charge is 2.29. The highest BCUT2D eigenvalue weighted by atomic mass is 16.2. The summed E-state index contributed by atoms with van der Waals surface area (Å²) in [4.78, 5) is 11.0. The lowest BCUT2D eigenvalue weighted by Crippen LogP contribution is -2.19. The lowest BCUT2D eigenvalue weighted by molar-refractivity contribution is -0.122. The first-order valence-electron chi connectivity index (χ1n) is 4.03. The standard InChI is InChI=1S/C8H14N2O/c1-6(2)5-9-10-8(11)7-3-4-7/h5-7H,3-4H2,1-2H3,(H,10,11)/b9-5-. The van der Waals surface area contributed by atoms with E-state index < -0.39 is 0 Å². The molecule has 0 unspecified atom stereocenters. The first-order valence-corrected chi connectivity index (χ1v) is 4.03. The molecule has 1 aliphatic rings. The van der Waals surface area contributed by atoms with Crippen molar-refractivity contribution in [3.05, 3.63) is 0 Å². The van der Waals surface area contributed by atoms with Crippen molar-refractivity contribution in [2.45, 2.75) is 26.7 Å². The van der Waals surface area contributed by atoms with Crippen LogP contribution in [-0.2, 0) is 4.79 Å². The predicted molar refractivity (Wildman–Crippen MR) is 44.2 cm³/mol. The van der Waals surface area contributed by atoms with Gasteiger partial charge < -0.3 is 0 Å². The van der Waals surface area contributed by atoms with E-state index in [0.29, 0.717) is 5.92 Å².